The number of allylic oxidation sites excluding steroid dienone is 4. The monoisotopic (exact) mass is 253 g/mol. The van der Waals surface area contributed by atoms with Crippen LogP contribution in [0.4, 0.5) is 0 Å². The van der Waals surface area contributed by atoms with Gasteiger partial charge in [-0.15, -0.1) is 0 Å². The first-order valence-electron chi connectivity index (χ1n) is 3.63. The molecule has 0 heterocycles. The quantitative estimate of drug-likeness (QED) is 0.715. The zero-order valence-electron chi connectivity index (χ0n) is 7.06. The number of carbonyl (C=O) groups is 2. The van der Waals surface area contributed by atoms with Crippen molar-refractivity contribution in [2.24, 2.45) is 0 Å². The van der Waals surface area contributed by atoms with Crippen LogP contribution in [0, 0.1) is 0 Å². The number of hydrogen-bond acceptors (Lipinski definition) is 2. The van der Waals surface area contributed by atoms with Gasteiger partial charge in [0, 0.05) is 0 Å². The van der Waals surface area contributed by atoms with Gasteiger partial charge in [-0.2, -0.15) is 0 Å². The Kier molecular flexibility index (Phi) is 3.10. The molecular weight excluding hydrogens is 241 g/mol. The van der Waals surface area contributed by atoms with E-state index < -0.39 is 16.0 Å². The van der Waals surface area contributed by atoms with Crippen LogP contribution < -0.4 is 0 Å². The third-order valence-electron chi connectivity index (χ3n) is 1.46. The molecule has 12 heavy (non-hydrogen) atoms. The van der Waals surface area contributed by atoms with Gasteiger partial charge in [-0.25, -0.2) is 0 Å². The zero-order valence-corrected chi connectivity index (χ0v) is 8.79. The molecule has 0 fully saturated rings. The minimum atomic E-state index is -1.93. The van der Waals surface area contributed by atoms with Crippen molar-refractivity contribution in [3.63, 3.8) is 0 Å². The number of rotatable bonds is 3. The standard InChI is InChI=1S/C5H5.2C2H3O.Ru/c1-2-4-5-3-1;2*1-2-3;/h1-5H;2*1H3;. The van der Waals surface area contributed by atoms with E-state index in [1.807, 2.05) is 24.3 Å². The number of carbonyl (C=O) groups excluding carboxylic acids is 2. The summed E-state index contributed by atoms with van der Waals surface area (Å²) >= 11 is -1.93. The van der Waals surface area contributed by atoms with Crippen molar-refractivity contribution in [1.82, 2.24) is 0 Å². The minimum absolute atomic E-state index is 0.0912. The van der Waals surface area contributed by atoms with Crippen LogP contribution in [0.2, 0.25) is 4.51 Å². The van der Waals surface area contributed by atoms with Gasteiger partial charge in [0.1, 0.15) is 0 Å². The summed E-state index contributed by atoms with van der Waals surface area (Å²) in [6, 6.07) is 0. The van der Waals surface area contributed by atoms with Crippen molar-refractivity contribution in [3.05, 3.63) is 24.3 Å². The fourth-order valence-corrected chi connectivity index (χ4v) is 4.59. The summed E-state index contributed by atoms with van der Waals surface area (Å²) in [7, 11) is 0. The first kappa shape index (κ1) is 9.53. The van der Waals surface area contributed by atoms with Gasteiger partial charge in [0.15, 0.2) is 0 Å². The van der Waals surface area contributed by atoms with Crippen LogP contribution in [-0.2, 0) is 25.5 Å². The third-order valence-corrected chi connectivity index (χ3v) is 5.93. The Labute approximate surface area is 77.2 Å². The molecule has 1 rings (SSSR count). The molecule has 0 N–H and O–H groups in total. The second kappa shape index (κ2) is 3.90. The van der Waals surface area contributed by atoms with Gasteiger partial charge in [0.05, 0.1) is 0 Å². The van der Waals surface area contributed by atoms with Crippen molar-refractivity contribution in [3.8, 4) is 0 Å². The second-order valence-electron chi connectivity index (χ2n) is 2.40. The van der Waals surface area contributed by atoms with Crippen LogP contribution in [0.1, 0.15) is 13.8 Å². The van der Waals surface area contributed by atoms with Crippen molar-refractivity contribution >= 4 is 8.76 Å². The SMILES string of the molecule is C[C](=O)[Ru]([C](C)=O)[CH]1C=CC=C1. The molecule has 0 amide bonds. The van der Waals surface area contributed by atoms with Crippen molar-refractivity contribution < 1.29 is 25.5 Å². The first-order valence-corrected chi connectivity index (χ1v) is 6.37. The Morgan fingerprint density at radius 1 is 1.08 bits per heavy atom. The van der Waals surface area contributed by atoms with E-state index in [0.717, 1.165) is 0 Å². The van der Waals surface area contributed by atoms with Gasteiger partial charge >= 0.3 is 77.0 Å². The molecule has 0 aromatic carbocycles. The molecule has 1 aliphatic carbocycles. The topological polar surface area (TPSA) is 34.1 Å². The maximum atomic E-state index is 11.1. The van der Waals surface area contributed by atoms with Crippen LogP contribution in [-0.4, -0.2) is 8.76 Å². The molecule has 0 radical (unpaired) electrons. The van der Waals surface area contributed by atoms with Gasteiger partial charge in [-0.3, -0.25) is 0 Å². The molecule has 0 aromatic rings. The molecule has 0 saturated carbocycles. The summed E-state index contributed by atoms with van der Waals surface area (Å²) in [4.78, 5) is 22.3. The average Bonchev–Trinajstić information content (AvgIpc) is 2.37. The Balaban J connectivity index is 2.79. The first-order chi connectivity index (χ1) is 5.63. The van der Waals surface area contributed by atoms with Crippen LogP contribution in [0.25, 0.3) is 0 Å². The van der Waals surface area contributed by atoms with Crippen molar-refractivity contribution in [2.45, 2.75) is 18.4 Å². The fraction of sp³-hybridized carbons (Fsp3) is 0.333. The molecule has 2 nitrogen and oxygen atoms in total. The van der Waals surface area contributed by atoms with E-state index in [1.165, 1.54) is 13.8 Å². The molecule has 0 bridgehead atoms. The normalized spacial score (nSPS) is 16.7. The summed E-state index contributed by atoms with van der Waals surface area (Å²) in [5.74, 6) is 0. The Hall–Kier alpha value is -0.557. The Bertz CT molecular complexity index is 240. The fourth-order valence-electron chi connectivity index (χ4n) is 1.04. The predicted octanol–water partition coefficient (Wildman–Crippen LogP) is 1.61. The molecule has 3 heteroatoms. The summed E-state index contributed by atoms with van der Waals surface area (Å²) in [6.45, 7) is 3.06. The summed E-state index contributed by atoms with van der Waals surface area (Å²) in [5.41, 5.74) is 0. The Morgan fingerprint density at radius 2 is 1.50 bits per heavy atom. The zero-order chi connectivity index (χ0) is 9.14. The molecule has 1 aliphatic rings. The molecule has 0 unspecified atom stereocenters. The third kappa shape index (κ3) is 1.98. The van der Waals surface area contributed by atoms with E-state index in [9.17, 15) is 9.59 Å². The molecule has 0 aliphatic heterocycles. The average molecular weight is 252 g/mol. The summed E-state index contributed by atoms with van der Waals surface area (Å²) in [6.07, 6.45) is 7.69. The number of hydrogen-bond donors (Lipinski definition) is 0. The van der Waals surface area contributed by atoms with Crippen LogP contribution in [0.3, 0.4) is 0 Å². The second-order valence-corrected chi connectivity index (χ2v) is 7.44. The summed E-state index contributed by atoms with van der Waals surface area (Å²) in [5, 5.41) is 0. The van der Waals surface area contributed by atoms with Crippen LogP contribution in [0.5, 0.6) is 0 Å². The van der Waals surface area contributed by atoms with E-state index in [-0.39, 0.29) is 13.3 Å². The predicted molar refractivity (Wildman–Crippen MR) is 43.4 cm³/mol. The molecular formula is C9H11O2Ru. The van der Waals surface area contributed by atoms with Gasteiger partial charge in [0.2, 0.25) is 0 Å². The molecule has 0 atom stereocenters. The molecule has 0 spiro atoms. The van der Waals surface area contributed by atoms with E-state index in [4.69, 9.17) is 0 Å². The van der Waals surface area contributed by atoms with Gasteiger partial charge in [-0.05, 0) is 0 Å². The van der Waals surface area contributed by atoms with E-state index >= 15 is 0 Å². The van der Waals surface area contributed by atoms with Gasteiger partial charge < -0.3 is 0 Å². The maximum absolute atomic E-state index is 11.1. The van der Waals surface area contributed by atoms with E-state index in [0.29, 0.717) is 0 Å². The van der Waals surface area contributed by atoms with Crippen molar-refractivity contribution in [2.75, 3.05) is 0 Å². The Morgan fingerprint density at radius 3 is 1.83 bits per heavy atom. The molecule has 0 aromatic heterocycles. The van der Waals surface area contributed by atoms with Gasteiger partial charge in [-0.1, -0.05) is 0 Å². The van der Waals surface area contributed by atoms with Crippen molar-refractivity contribution in [1.29, 1.82) is 0 Å². The molecule has 67 valence electrons. The van der Waals surface area contributed by atoms with Gasteiger partial charge in [0.25, 0.3) is 0 Å². The summed E-state index contributed by atoms with van der Waals surface area (Å²) < 4.78 is 0.312. The van der Waals surface area contributed by atoms with Crippen LogP contribution >= 0.6 is 0 Å². The van der Waals surface area contributed by atoms with E-state index in [2.05, 4.69) is 0 Å². The van der Waals surface area contributed by atoms with Crippen LogP contribution in [0.15, 0.2) is 24.3 Å². The molecule has 0 saturated heterocycles. The van der Waals surface area contributed by atoms with E-state index in [1.54, 1.807) is 0 Å².